The van der Waals surface area contributed by atoms with Crippen LogP contribution in [0.1, 0.15) is 32.1 Å². The highest BCUT2D eigenvalue weighted by Gasteiger charge is 2.34. The van der Waals surface area contributed by atoms with Crippen molar-refractivity contribution in [1.29, 1.82) is 0 Å². The first-order chi connectivity index (χ1) is 8.77. The first-order valence-corrected chi connectivity index (χ1v) is 7.48. The fourth-order valence-corrected chi connectivity index (χ4v) is 3.30. The summed E-state index contributed by atoms with van der Waals surface area (Å²) in [6.45, 7) is 7.07. The highest BCUT2D eigenvalue weighted by Crippen LogP contribution is 2.31. The van der Waals surface area contributed by atoms with Crippen LogP contribution in [0.25, 0.3) is 0 Å². The Morgan fingerprint density at radius 1 is 1.17 bits per heavy atom. The van der Waals surface area contributed by atoms with Crippen molar-refractivity contribution in [3.8, 4) is 0 Å². The van der Waals surface area contributed by atoms with Crippen LogP contribution in [0.15, 0.2) is 0 Å². The minimum atomic E-state index is 0.282. The van der Waals surface area contributed by atoms with Gasteiger partial charge in [0.1, 0.15) is 0 Å². The summed E-state index contributed by atoms with van der Waals surface area (Å²) in [5, 5.41) is 0. The molecule has 1 heterocycles. The van der Waals surface area contributed by atoms with Gasteiger partial charge in [-0.15, -0.1) is 0 Å². The maximum absolute atomic E-state index is 6.07. The van der Waals surface area contributed by atoms with Crippen LogP contribution < -0.4 is 5.73 Å². The molecule has 0 unspecified atom stereocenters. The Morgan fingerprint density at radius 2 is 1.83 bits per heavy atom. The molecule has 1 aliphatic heterocycles. The lowest BCUT2D eigenvalue weighted by molar-refractivity contribution is 0.0214. The van der Waals surface area contributed by atoms with E-state index >= 15 is 0 Å². The first kappa shape index (κ1) is 14.3. The third kappa shape index (κ3) is 3.44. The molecule has 2 rings (SSSR count). The van der Waals surface area contributed by atoms with Gasteiger partial charge in [0.05, 0.1) is 13.2 Å². The lowest BCUT2D eigenvalue weighted by atomic mass is 9.80. The smallest absolute Gasteiger partial charge is 0.0594 e. The molecule has 2 aliphatic rings. The summed E-state index contributed by atoms with van der Waals surface area (Å²) in [5.41, 5.74) is 6.35. The molecule has 2 N–H and O–H groups in total. The number of morpholine rings is 1. The fraction of sp³-hybridized carbons (Fsp3) is 1.00. The van der Waals surface area contributed by atoms with Crippen LogP contribution in [0.2, 0.25) is 0 Å². The summed E-state index contributed by atoms with van der Waals surface area (Å²) in [7, 11) is 2.26. The summed E-state index contributed by atoms with van der Waals surface area (Å²) in [4.78, 5) is 5.04. The maximum atomic E-state index is 6.07. The van der Waals surface area contributed by atoms with Crippen molar-refractivity contribution < 1.29 is 4.74 Å². The minimum Gasteiger partial charge on any atom is -0.379 e. The van der Waals surface area contributed by atoms with E-state index in [-0.39, 0.29) is 5.54 Å². The highest BCUT2D eigenvalue weighted by molar-refractivity contribution is 4.93. The van der Waals surface area contributed by atoms with Gasteiger partial charge in [-0.25, -0.2) is 0 Å². The molecular formula is C14H29N3O. The Hall–Kier alpha value is -0.160. The van der Waals surface area contributed by atoms with E-state index in [1.165, 1.54) is 32.1 Å². The molecule has 18 heavy (non-hydrogen) atoms. The minimum absolute atomic E-state index is 0.282. The Bertz CT molecular complexity index is 235. The molecule has 4 heteroatoms. The average Bonchev–Trinajstić information content (AvgIpc) is 2.46. The third-order valence-electron chi connectivity index (χ3n) is 4.83. The van der Waals surface area contributed by atoms with Crippen LogP contribution >= 0.6 is 0 Å². The number of hydrogen-bond acceptors (Lipinski definition) is 4. The van der Waals surface area contributed by atoms with Crippen LogP contribution in [0.4, 0.5) is 0 Å². The van der Waals surface area contributed by atoms with E-state index in [9.17, 15) is 0 Å². The number of likely N-dealkylation sites (N-methyl/N-ethyl adjacent to an activating group) is 1. The van der Waals surface area contributed by atoms with E-state index in [4.69, 9.17) is 10.5 Å². The SMILES string of the molecule is CN(CCN1CCOCC1)C1(CN)CCCCC1. The molecular weight excluding hydrogens is 226 g/mol. The second-order valence-electron chi connectivity index (χ2n) is 5.86. The summed E-state index contributed by atoms with van der Waals surface area (Å²) in [6.07, 6.45) is 6.64. The first-order valence-electron chi connectivity index (χ1n) is 7.48. The van der Waals surface area contributed by atoms with Crippen molar-refractivity contribution in [2.75, 3.05) is 53.0 Å². The topological polar surface area (TPSA) is 41.7 Å². The zero-order valence-electron chi connectivity index (χ0n) is 11.9. The van der Waals surface area contributed by atoms with Gasteiger partial charge in [-0.1, -0.05) is 19.3 Å². The zero-order valence-corrected chi connectivity index (χ0v) is 11.9. The summed E-state index contributed by atoms with van der Waals surface area (Å²) in [6, 6.07) is 0. The summed E-state index contributed by atoms with van der Waals surface area (Å²) < 4.78 is 5.39. The second kappa shape index (κ2) is 6.85. The van der Waals surface area contributed by atoms with Crippen LogP contribution in [0.3, 0.4) is 0 Å². The Labute approximate surface area is 111 Å². The average molecular weight is 255 g/mol. The van der Waals surface area contributed by atoms with Crippen molar-refractivity contribution in [1.82, 2.24) is 9.80 Å². The Kier molecular flexibility index (Phi) is 5.42. The summed E-state index contributed by atoms with van der Waals surface area (Å²) >= 11 is 0. The van der Waals surface area contributed by atoms with E-state index in [1.807, 2.05) is 0 Å². The molecule has 0 spiro atoms. The van der Waals surface area contributed by atoms with Gasteiger partial charge < -0.3 is 10.5 Å². The molecule has 0 bridgehead atoms. The normalized spacial score (nSPS) is 25.5. The lowest BCUT2D eigenvalue weighted by Crippen LogP contribution is -2.55. The quantitative estimate of drug-likeness (QED) is 0.793. The predicted octanol–water partition coefficient (Wildman–Crippen LogP) is 0.912. The van der Waals surface area contributed by atoms with Gasteiger partial charge in [-0.2, -0.15) is 0 Å². The van der Waals surface area contributed by atoms with Crippen molar-refractivity contribution in [2.45, 2.75) is 37.6 Å². The number of ether oxygens (including phenoxy) is 1. The highest BCUT2D eigenvalue weighted by atomic mass is 16.5. The molecule has 1 saturated heterocycles. The van der Waals surface area contributed by atoms with Gasteiger partial charge in [0, 0.05) is 38.3 Å². The van der Waals surface area contributed by atoms with Crippen LogP contribution in [0.5, 0.6) is 0 Å². The standard InChI is InChI=1S/C14H29N3O/c1-16(7-8-17-9-11-18-12-10-17)14(13-15)5-3-2-4-6-14/h2-13,15H2,1H3. The maximum Gasteiger partial charge on any atom is 0.0594 e. The molecule has 1 aliphatic carbocycles. The number of hydrogen-bond donors (Lipinski definition) is 1. The predicted molar refractivity (Wildman–Crippen MR) is 74.8 cm³/mol. The fourth-order valence-electron chi connectivity index (χ4n) is 3.30. The van der Waals surface area contributed by atoms with Gasteiger partial charge in [0.25, 0.3) is 0 Å². The van der Waals surface area contributed by atoms with E-state index in [0.717, 1.165) is 45.9 Å². The van der Waals surface area contributed by atoms with E-state index < -0.39 is 0 Å². The van der Waals surface area contributed by atoms with Gasteiger partial charge in [-0.05, 0) is 19.9 Å². The van der Waals surface area contributed by atoms with Crippen molar-refractivity contribution in [2.24, 2.45) is 5.73 Å². The van der Waals surface area contributed by atoms with Crippen LogP contribution in [-0.2, 0) is 4.74 Å². The Balaban J connectivity index is 1.79. The van der Waals surface area contributed by atoms with Crippen molar-refractivity contribution in [3.05, 3.63) is 0 Å². The Morgan fingerprint density at radius 3 is 2.44 bits per heavy atom. The molecule has 0 amide bonds. The van der Waals surface area contributed by atoms with Crippen LogP contribution in [-0.4, -0.2) is 68.3 Å². The van der Waals surface area contributed by atoms with Crippen LogP contribution in [0, 0.1) is 0 Å². The molecule has 106 valence electrons. The van der Waals surface area contributed by atoms with E-state index in [2.05, 4.69) is 16.8 Å². The molecule has 4 nitrogen and oxygen atoms in total. The zero-order chi connectivity index (χ0) is 12.8. The largest absolute Gasteiger partial charge is 0.379 e. The second-order valence-corrected chi connectivity index (χ2v) is 5.86. The van der Waals surface area contributed by atoms with Gasteiger partial charge in [0.15, 0.2) is 0 Å². The molecule has 2 fully saturated rings. The van der Waals surface area contributed by atoms with E-state index in [0.29, 0.717) is 0 Å². The lowest BCUT2D eigenvalue weighted by Gasteiger charge is -2.45. The van der Waals surface area contributed by atoms with E-state index in [1.54, 1.807) is 0 Å². The van der Waals surface area contributed by atoms with Crippen molar-refractivity contribution in [3.63, 3.8) is 0 Å². The molecule has 0 aromatic heterocycles. The molecule has 0 atom stereocenters. The number of nitrogens with two attached hydrogens (primary N) is 1. The monoisotopic (exact) mass is 255 g/mol. The molecule has 0 aromatic rings. The van der Waals surface area contributed by atoms with Gasteiger partial charge in [0.2, 0.25) is 0 Å². The molecule has 0 aromatic carbocycles. The third-order valence-corrected chi connectivity index (χ3v) is 4.83. The molecule has 1 saturated carbocycles. The van der Waals surface area contributed by atoms with Gasteiger partial charge in [-0.3, -0.25) is 9.80 Å². The summed E-state index contributed by atoms with van der Waals surface area (Å²) in [5.74, 6) is 0. The van der Waals surface area contributed by atoms with Crippen molar-refractivity contribution >= 4 is 0 Å². The van der Waals surface area contributed by atoms with Gasteiger partial charge >= 0.3 is 0 Å². The number of nitrogens with zero attached hydrogens (tertiary/aromatic N) is 2. The number of rotatable bonds is 5. The molecule has 0 radical (unpaired) electrons.